The maximum atomic E-state index is 12.9. The first kappa shape index (κ1) is 19.5. The van der Waals surface area contributed by atoms with E-state index in [1.807, 2.05) is 42.5 Å². The highest BCUT2D eigenvalue weighted by atomic mass is 32.2. The maximum Gasteiger partial charge on any atom is 0.265 e. The van der Waals surface area contributed by atoms with Gasteiger partial charge in [0.1, 0.15) is 0 Å². The summed E-state index contributed by atoms with van der Waals surface area (Å²) in [4.78, 5) is 12.5. The molecule has 0 radical (unpaired) electrons. The molecule has 0 aliphatic carbocycles. The van der Waals surface area contributed by atoms with E-state index in [0.29, 0.717) is 36.5 Å². The van der Waals surface area contributed by atoms with Crippen LogP contribution in [0.15, 0.2) is 71.6 Å². The number of aryl methyl sites for hydroxylation is 1. The van der Waals surface area contributed by atoms with E-state index in [4.69, 9.17) is 0 Å². The van der Waals surface area contributed by atoms with Crippen LogP contribution < -0.4 is 9.62 Å². The van der Waals surface area contributed by atoms with Crippen molar-refractivity contribution in [2.75, 3.05) is 17.4 Å². The lowest BCUT2D eigenvalue weighted by Crippen LogP contribution is -2.30. The molecule has 0 aromatic heterocycles. The zero-order chi connectivity index (χ0) is 20.3. The minimum Gasteiger partial charge on any atom is -0.356 e. The Balaban J connectivity index is 1.29. The van der Waals surface area contributed by atoms with Gasteiger partial charge in [-0.05, 0) is 42.3 Å². The summed E-state index contributed by atoms with van der Waals surface area (Å²) in [6.07, 6.45) is 2.60. The third-order valence-corrected chi connectivity index (χ3v) is 7.11. The number of anilines is 1. The van der Waals surface area contributed by atoms with E-state index in [0.717, 1.165) is 23.6 Å². The molecule has 4 rings (SSSR count). The molecule has 0 unspecified atom stereocenters. The predicted octanol–water partition coefficient (Wildman–Crippen LogP) is 3.88. The van der Waals surface area contributed by atoms with Gasteiger partial charge in [0.15, 0.2) is 0 Å². The van der Waals surface area contributed by atoms with Crippen LogP contribution in [-0.4, -0.2) is 27.4 Å². The molecule has 0 spiro atoms. The SMILES string of the molecule is O=C(CCCN1c2cccc3cccc(c23)S1(=O)=O)NCCCc1ccccc1. The molecule has 5 nitrogen and oxygen atoms in total. The first-order valence-electron chi connectivity index (χ1n) is 9.92. The number of carbonyl (C=O) groups is 1. The quantitative estimate of drug-likeness (QED) is 0.575. The van der Waals surface area contributed by atoms with Crippen molar-refractivity contribution in [2.24, 2.45) is 0 Å². The lowest BCUT2D eigenvalue weighted by molar-refractivity contribution is -0.121. The van der Waals surface area contributed by atoms with Gasteiger partial charge in [-0.2, -0.15) is 0 Å². The van der Waals surface area contributed by atoms with Crippen molar-refractivity contribution >= 4 is 32.4 Å². The van der Waals surface area contributed by atoms with Crippen LogP contribution >= 0.6 is 0 Å². The second-order valence-corrected chi connectivity index (χ2v) is 9.08. The van der Waals surface area contributed by atoms with Gasteiger partial charge in [-0.15, -0.1) is 0 Å². The van der Waals surface area contributed by atoms with E-state index in [1.165, 1.54) is 9.87 Å². The summed E-state index contributed by atoms with van der Waals surface area (Å²) in [7, 11) is -3.55. The number of nitrogens with one attached hydrogen (secondary N) is 1. The summed E-state index contributed by atoms with van der Waals surface area (Å²) in [5.74, 6) is -0.0367. The summed E-state index contributed by atoms with van der Waals surface area (Å²) in [5, 5.41) is 4.63. The topological polar surface area (TPSA) is 66.5 Å². The molecule has 0 saturated carbocycles. The molecule has 0 saturated heterocycles. The van der Waals surface area contributed by atoms with Crippen LogP contribution in [0.1, 0.15) is 24.8 Å². The fraction of sp³-hybridized carbons (Fsp3) is 0.261. The minimum atomic E-state index is -3.55. The van der Waals surface area contributed by atoms with Crippen molar-refractivity contribution in [2.45, 2.75) is 30.6 Å². The van der Waals surface area contributed by atoms with Crippen LogP contribution in [0.5, 0.6) is 0 Å². The number of rotatable bonds is 8. The van der Waals surface area contributed by atoms with Crippen LogP contribution in [0.3, 0.4) is 0 Å². The van der Waals surface area contributed by atoms with Gasteiger partial charge in [0.25, 0.3) is 10.0 Å². The van der Waals surface area contributed by atoms with Crippen molar-refractivity contribution < 1.29 is 13.2 Å². The molecular formula is C23H24N2O3S. The summed E-state index contributed by atoms with van der Waals surface area (Å²) in [5.41, 5.74) is 1.97. The van der Waals surface area contributed by atoms with Gasteiger partial charge in [0.2, 0.25) is 5.91 Å². The number of amides is 1. The van der Waals surface area contributed by atoms with E-state index in [1.54, 1.807) is 12.1 Å². The van der Waals surface area contributed by atoms with E-state index in [-0.39, 0.29) is 5.91 Å². The monoisotopic (exact) mass is 408 g/mol. The van der Waals surface area contributed by atoms with Crippen molar-refractivity contribution in [3.8, 4) is 0 Å². The lowest BCUT2D eigenvalue weighted by atomic mass is 10.1. The predicted molar refractivity (Wildman–Crippen MR) is 115 cm³/mol. The number of hydrogen-bond acceptors (Lipinski definition) is 3. The summed E-state index contributed by atoms with van der Waals surface area (Å²) < 4.78 is 27.3. The van der Waals surface area contributed by atoms with E-state index < -0.39 is 10.0 Å². The van der Waals surface area contributed by atoms with Gasteiger partial charge >= 0.3 is 0 Å². The van der Waals surface area contributed by atoms with Crippen molar-refractivity contribution in [1.29, 1.82) is 0 Å². The average Bonchev–Trinajstić information content (AvgIpc) is 2.95. The van der Waals surface area contributed by atoms with Gasteiger partial charge in [-0.1, -0.05) is 54.6 Å². The largest absolute Gasteiger partial charge is 0.356 e. The van der Waals surface area contributed by atoms with Crippen LogP contribution in [0.4, 0.5) is 5.69 Å². The summed E-state index contributed by atoms with van der Waals surface area (Å²) >= 11 is 0. The molecule has 29 heavy (non-hydrogen) atoms. The van der Waals surface area contributed by atoms with Crippen LogP contribution in [0.2, 0.25) is 0 Å². The Kier molecular flexibility index (Phi) is 5.53. The molecule has 1 heterocycles. The molecule has 1 amide bonds. The Labute approximate surface area is 171 Å². The van der Waals surface area contributed by atoms with E-state index >= 15 is 0 Å². The molecule has 3 aromatic carbocycles. The van der Waals surface area contributed by atoms with Crippen molar-refractivity contribution in [1.82, 2.24) is 5.32 Å². The third kappa shape index (κ3) is 3.98. The molecule has 1 aliphatic rings. The molecule has 150 valence electrons. The van der Waals surface area contributed by atoms with Gasteiger partial charge in [0.05, 0.1) is 10.6 Å². The normalized spacial score (nSPS) is 14.3. The minimum absolute atomic E-state index is 0.0367. The smallest absolute Gasteiger partial charge is 0.265 e. The van der Waals surface area contributed by atoms with Crippen LogP contribution in [0.25, 0.3) is 10.8 Å². The first-order chi connectivity index (χ1) is 14.1. The average molecular weight is 409 g/mol. The second kappa shape index (κ2) is 8.25. The lowest BCUT2D eigenvalue weighted by Gasteiger charge is -2.18. The zero-order valence-electron chi connectivity index (χ0n) is 16.2. The Morgan fingerprint density at radius 3 is 2.45 bits per heavy atom. The highest BCUT2D eigenvalue weighted by Gasteiger charge is 2.34. The highest BCUT2D eigenvalue weighted by Crippen LogP contribution is 2.41. The molecule has 0 atom stereocenters. The molecule has 1 aliphatic heterocycles. The van der Waals surface area contributed by atoms with Gasteiger partial charge in [0, 0.05) is 24.9 Å². The van der Waals surface area contributed by atoms with Crippen molar-refractivity contribution in [3.63, 3.8) is 0 Å². The number of hydrogen-bond donors (Lipinski definition) is 1. The Bertz CT molecular complexity index is 1120. The van der Waals surface area contributed by atoms with Crippen LogP contribution in [0, 0.1) is 0 Å². The second-order valence-electron chi connectivity index (χ2n) is 7.25. The Morgan fingerprint density at radius 2 is 1.66 bits per heavy atom. The third-order valence-electron chi connectivity index (χ3n) is 5.25. The number of nitrogens with zero attached hydrogens (tertiary/aromatic N) is 1. The highest BCUT2D eigenvalue weighted by molar-refractivity contribution is 7.93. The van der Waals surface area contributed by atoms with Crippen molar-refractivity contribution in [3.05, 3.63) is 72.3 Å². The summed E-state index contributed by atoms with van der Waals surface area (Å²) in [6.45, 7) is 0.925. The maximum absolute atomic E-state index is 12.9. The number of benzene rings is 3. The number of carbonyl (C=O) groups excluding carboxylic acids is 1. The molecule has 0 bridgehead atoms. The van der Waals surface area contributed by atoms with Crippen LogP contribution in [-0.2, 0) is 21.2 Å². The van der Waals surface area contributed by atoms with Gasteiger partial charge in [-0.3, -0.25) is 9.10 Å². The molecular weight excluding hydrogens is 384 g/mol. The first-order valence-corrected chi connectivity index (χ1v) is 11.4. The Hall–Kier alpha value is -2.86. The Morgan fingerprint density at radius 1 is 0.897 bits per heavy atom. The molecule has 3 aromatic rings. The number of sulfonamides is 1. The fourth-order valence-electron chi connectivity index (χ4n) is 3.84. The van der Waals surface area contributed by atoms with E-state index in [9.17, 15) is 13.2 Å². The van der Waals surface area contributed by atoms with Gasteiger partial charge < -0.3 is 5.32 Å². The fourth-order valence-corrected chi connectivity index (χ4v) is 5.58. The van der Waals surface area contributed by atoms with Gasteiger partial charge in [-0.25, -0.2) is 8.42 Å². The van der Waals surface area contributed by atoms with E-state index in [2.05, 4.69) is 17.4 Å². The molecule has 6 heteroatoms. The standard InChI is InChI=1S/C23H24N2O3S/c26-22(24-16-6-10-18-8-2-1-3-9-18)15-7-17-25-20-13-4-11-19-12-5-14-21(23(19)20)29(25,27)28/h1-5,8-9,11-14H,6-7,10,15-17H2,(H,24,26). The molecule has 1 N–H and O–H groups in total. The zero-order valence-corrected chi connectivity index (χ0v) is 17.0. The molecule has 0 fully saturated rings. The summed E-state index contributed by atoms with van der Waals surface area (Å²) in [6, 6.07) is 21.1.